The summed E-state index contributed by atoms with van der Waals surface area (Å²) in [5.41, 5.74) is 1.85. The maximum absolute atomic E-state index is 13.2. The molecular formula is C25H21F2N3O3. The second kappa shape index (κ2) is 9.60. The fourth-order valence-corrected chi connectivity index (χ4v) is 3.66. The number of rotatable bonds is 6. The molecule has 33 heavy (non-hydrogen) atoms. The lowest BCUT2D eigenvalue weighted by atomic mass is 10.1. The van der Waals surface area contributed by atoms with E-state index >= 15 is 0 Å². The van der Waals surface area contributed by atoms with Gasteiger partial charge < -0.3 is 15.5 Å². The third-order valence-corrected chi connectivity index (χ3v) is 5.43. The Kier molecular flexibility index (Phi) is 6.44. The van der Waals surface area contributed by atoms with E-state index in [4.69, 9.17) is 0 Å². The summed E-state index contributed by atoms with van der Waals surface area (Å²) in [5, 5.41) is 5.50. The van der Waals surface area contributed by atoms with Crippen LogP contribution in [0.4, 0.5) is 20.2 Å². The zero-order chi connectivity index (χ0) is 23.4. The van der Waals surface area contributed by atoms with Crippen LogP contribution in [-0.2, 0) is 16.1 Å². The van der Waals surface area contributed by atoms with E-state index in [9.17, 15) is 23.2 Å². The van der Waals surface area contributed by atoms with E-state index in [1.807, 2.05) is 0 Å². The van der Waals surface area contributed by atoms with Gasteiger partial charge in [0.05, 0.1) is 17.2 Å². The van der Waals surface area contributed by atoms with Gasteiger partial charge in [-0.1, -0.05) is 24.3 Å². The predicted octanol–water partition coefficient (Wildman–Crippen LogP) is 3.89. The second-order valence-corrected chi connectivity index (χ2v) is 7.73. The highest BCUT2D eigenvalue weighted by Crippen LogP contribution is 2.27. The highest BCUT2D eigenvalue weighted by Gasteiger charge is 2.35. The van der Waals surface area contributed by atoms with Crippen LogP contribution in [0.25, 0.3) is 0 Å². The number of hydrogen-bond acceptors (Lipinski definition) is 3. The van der Waals surface area contributed by atoms with E-state index in [0.717, 1.165) is 5.56 Å². The summed E-state index contributed by atoms with van der Waals surface area (Å²) in [5.74, 6) is -2.39. The van der Waals surface area contributed by atoms with Gasteiger partial charge in [-0.2, -0.15) is 0 Å². The van der Waals surface area contributed by atoms with E-state index in [1.165, 1.54) is 41.3 Å². The summed E-state index contributed by atoms with van der Waals surface area (Å²) in [6, 6.07) is 17.9. The normalized spacial score (nSPS) is 15.4. The zero-order valence-corrected chi connectivity index (χ0v) is 17.6. The molecule has 0 radical (unpaired) electrons. The van der Waals surface area contributed by atoms with Crippen LogP contribution < -0.4 is 15.5 Å². The molecule has 3 aromatic rings. The van der Waals surface area contributed by atoms with Crippen molar-refractivity contribution in [3.8, 4) is 0 Å². The number of nitrogens with one attached hydrogen (secondary N) is 2. The molecule has 1 saturated heterocycles. The standard InChI is InChI=1S/C25H21F2N3O3/c26-18-7-5-16(6-8-18)14-28-25(33)21-3-1-2-4-22(21)29-24(32)17-13-23(31)30(15-17)20-11-9-19(27)10-12-20/h1-12,17H,13-15H2,(H,28,33)(H,29,32)/t17-/m0/s1. The van der Waals surface area contributed by atoms with Crippen molar-refractivity contribution in [1.82, 2.24) is 5.32 Å². The molecule has 1 heterocycles. The number of para-hydroxylation sites is 1. The minimum absolute atomic E-state index is 0.0160. The molecule has 0 aliphatic carbocycles. The Balaban J connectivity index is 1.41. The average Bonchev–Trinajstić information content (AvgIpc) is 3.21. The first-order valence-corrected chi connectivity index (χ1v) is 10.4. The summed E-state index contributed by atoms with van der Waals surface area (Å²) in [6.45, 7) is 0.361. The lowest BCUT2D eigenvalue weighted by molar-refractivity contribution is -0.122. The number of nitrogens with zero attached hydrogens (tertiary/aromatic N) is 1. The molecule has 1 fully saturated rings. The van der Waals surface area contributed by atoms with Crippen molar-refractivity contribution in [1.29, 1.82) is 0 Å². The molecule has 1 aliphatic rings. The predicted molar refractivity (Wildman–Crippen MR) is 120 cm³/mol. The molecule has 0 bridgehead atoms. The van der Waals surface area contributed by atoms with Crippen LogP contribution in [0.15, 0.2) is 72.8 Å². The third kappa shape index (κ3) is 5.23. The fourth-order valence-electron chi connectivity index (χ4n) is 3.66. The quantitative estimate of drug-likeness (QED) is 0.600. The number of benzene rings is 3. The monoisotopic (exact) mass is 449 g/mol. The van der Waals surface area contributed by atoms with Crippen LogP contribution in [0.1, 0.15) is 22.3 Å². The summed E-state index contributed by atoms with van der Waals surface area (Å²) < 4.78 is 26.2. The number of carbonyl (C=O) groups is 3. The molecule has 0 unspecified atom stereocenters. The summed E-state index contributed by atoms with van der Waals surface area (Å²) in [6.07, 6.45) is 0.0160. The maximum Gasteiger partial charge on any atom is 0.253 e. The number of halogens is 2. The minimum atomic E-state index is -0.613. The van der Waals surface area contributed by atoms with Gasteiger partial charge in [0.2, 0.25) is 11.8 Å². The van der Waals surface area contributed by atoms with Crippen LogP contribution >= 0.6 is 0 Å². The van der Waals surface area contributed by atoms with Crippen molar-refractivity contribution in [3.05, 3.63) is 95.6 Å². The molecule has 1 atom stereocenters. The molecule has 3 amide bonds. The van der Waals surface area contributed by atoms with Crippen molar-refractivity contribution in [3.63, 3.8) is 0 Å². The van der Waals surface area contributed by atoms with Gasteiger partial charge >= 0.3 is 0 Å². The van der Waals surface area contributed by atoms with Crippen molar-refractivity contribution < 1.29 is 23.2 Å². The first-order chi connectivity index (χ1) is 15.9. The molecule has 0 aromatic heterocycles. The lowest BCUT2D eigenvalue weighted by Crippen LogP contribution is -2.29. The van der Waals surface area contributed by atoms with Gasteiger partial charge in [-0.05, 0) is 54.1 Å². The Bertz CT molecular complexity index is 1180. The molecule has 8 heteroatoms. The first kappa shape index (κ1) is 22.1. The van der Waals surface area contributed by atoms with E-state index in [2.05, 4.69) is 10.6 Å². The van der Waals surface area contributed by atoms with Gasteiger partial charge in [0.25, 0.3) is 5.91 Å². The second-order valence-electron chi connectivity index (χ2n) is 7.73. The van der Waals surface area contributed by atoms with Crippen LogP contribution in [0, 0.1) is 17.6 Å². The fraction of sp³-hybridized carbons (Fsp3) is 0.160. The van der Waals surface area contributed by atoms with Crippen LogP contribution in [0.3, 0.4) is 0 Å². The van der Waals surface area contributed by atoms with Crippen LogP contribution in [0.5, 0.6) is 0 Å². The van der Waals surface area contributed by atoms with E-state index in [1.54, 1.807) is 36.4 Å². The SMILES string of the molecule is O=C(NCc1ccc(F)cc1)c1ccccc1NC(=O)[C@H]1CC(=O)N(c2ccc(F)cc2)C1. The van der Waals surface area contributed by atoms with Gasteiger partial charge in [-0.3, -0.25) is 14.4 Å². The summed E-state index contributed by atoms with van der Waals surface area (Å²) >= 11 is 0. The number of hydrogen-bond donors (Lipinski definition) is 2. The molecule has 1 aliphatic heterocycles. The van der Waals surface area contributed by atoms with Crippen molar-refractivity contribution in [2.45, 2.75) is 13.0 Å². The molecule has 0 spiro atoms. The topological polar surface area (TPSA) is 78.5 Å². The molecule has 6 nitrogen and oxygen atoms in total. The van der Waals surface area contributed by atoms with Gasteiger partial charge in [0, 0.05) is 25.2 Å². The number of anilines is 2. The van der Waals surface area contributed by atoms with Gasteiger partial charge in [0.15, 0.2) is 0 Å². The van der Waals surface area contributed by atoms with Crippen LogP contribution in [0.2, 0.25) is 0 Å². The number of amides is 3. The molecule has 4 rings (SSSR count). The largest absolute Gasteiger partial charge is 0.348 e. The molecule has 2 N–H and O–H groups in total. The molecular weight excluding hydrogens is 428 g/mol. The van der Waals surface area contributed by atoms with Gasteiger partial charge in [-0.15, -0.1) is 0 Å². The molecule has 168 valence electrons. The summed E-state index contributed by atoms with van der Waals surface area (Å²) in [7, 11) is 0. The Morgan fingerprint density at radius 2 is 1.55 bits per heavy atom. The Morgan fingerprint density at radius 1 is 0.909 bits per heavy atom. The third-order valence-electron chi connectivity index (χ3n) is 5.43. The van der Waals surface area contributed by atoms with Crippen molar-refractivity contribution in [2.75, 3.05) is 16.8 Å². The maximum atomic E-state index is 13.2. The lowest BCUT2D eigenvalue weighted by Gasteiger charge is -2.17. The van der Waals surface area contributed by atoms with Gasteiger partial charge in [0.1, 0.15) is 11.6 Å². The Hall–Kier alpha value is -4.07. The van der Waals surface area contributed by atoms with Gasteiger partial charge in [-0.25, -0.2) is 8.78 Å². The highest BCUT2D eigenvalue weighted by atomic mass is 19.1. The first-order valence-electron chi connectivity index (χ1n) is 10.4. The Labute approximate surface area is 189 Å². The summed E-state index contributed by atoms with van der Waals surface area (Å²) in [4.78, 5) is 39.4. The molecule has 3 aromatic carbocycles. The zero-order valence-electron chi connectivity index (χ0n) is 17.6. The Morgan fingerprint density at radius 3 is 2.24 bits per heavy atom. The smallest absolute Gasteiger partial charge is 0.253 e. The van der Waals surface area contributed by atoms with E-state index in [-0.39, 0.29) is 42.7 Å². The number of carbonyl (C=O) groups excluding carboxylic acids is 3. The van der Waals surface area contributed by atoms with Crippen LogP contribution in [-0.4, -0.2) is 24.3 Å². The highest BCUT2D eigenvalue weighted by molar-refractivity contribution is 6.07. The van der Waals surface area contributed by atoms with Crippen molar-refractivity contribution in [2.24, 2.45) is 5.92 Å². The molecule has 0 saturated carbocycles. The van der Waals surface area contributed by atoms with E-state index < -0.39 is 17.6 Å². The minimum Gasteiger partial charge on any atom is -0.348 e. The van der Waals surface area contributed by atoms with E-state index in [0.29, 0.717) is 11.4 Å². The average molecular weight is 449 g/mol. The van der Waals surface area contributed by atoms with Crippen molar-refractivity contribution >= 4 is 29.1 Å².